The van der Waals surface area contributed by atoms with Crippen LogP contribution in [-0.4, -0.2) is 36.1 Å². The molecule has 3 N–H and O–H groups in total. The summed E-state index contributed by atoms with van der Waals surface area (Å²) in [4.78, 5) is 30.2. The van der Waals surface area contributed by atoms with Crippen LogP contribution in [-0.2, 0) is 11.2 Å². The number of rotatable bonds is 3. The highest BCUT2D eigenvalue weighted by molar-refractivity contribution is 6.00. The Morgan fingerprint density at radius 2 is 2.11 bits per heavy atom. The lowest BCUT2D eigenvalue weighted by atomic mass is 10.0. The summed E-state index contributed by atoms with van der Waals surface area (Å²) in [5.41, 5.74) is 2.92. The number of carbonyl (C=O) groups is 2. The molecule has 1 aromatic carbocycles. The first-order chi connectivity index (χ1) is 13.6. The van der Waals surface area contributed by atoms with Gasteiger partial charge in [-0.3, -0.25) is 4.79 Å². The molecule has 4 rings (SSSR count). The van der Waals surface area contributed by atoms with E-state index in [2.05, 4.69) is 31.9 Å². The van der Waals surface area contributed by atoms with Crippen molar-refractivity contribution in [3.63, 3.8) is 0 Å². The van der Waals surface area contributed by atoms with Crippen LogP contribution >= 0.6 is 0 Å². The Hall–Kier alpha value is -3.60. The number of aromatic nitrogens is 1. The van der Waals surface area contributed by atoms with Crippen molar-refractivity contribution < 1.29 is 9.59 Å². The van der Waals surface area contributed by atoms with Gasteiger partial charge in [0.1, 0.15) is 11.9 Å². The molecule has 0 saturated carbocycles. The van der Waals surface area contributed by atoms with Crippen LogP contribution in [0.2, 0.25) is 0 Å². The first kappa shape index (κ1) is 17.8. The van der Waals surface area contributed by atoms with E-state index in [1.54, 1.807) is 30.5 Å². The summed E-state index contributed by atoms with van der Waals surface area (Å²) in [6.07, 6.45) is 3.58. The van der Waals surface area contributed by atoms with E-state index in [1.807, 2.05) is 6.07 Å². The summed E-state index contributed by atoms with van der Waals surface area (Å²) in [6.45, 7) is 1.45. The van der Waals surface area contributed by atoms with Crippen LogP contribution in [0.15, 0.2) is 36.5 Å². The molecule has 0 unspecified atom stereocenters. The average molecular weight is 376 g/mol. The zero-order chi connectivity index (χ0) is 19.5. The van der Waals surface area contributed by atoms with Crippen molar-refractivity contribution >= 4 is 29.1 Å². The number of urea groups is 1. The molecule has 142 valence electrons. The van der Waals surface area contributed by atoms with Crippen LogP contribution in [0, 0.1) is 11.3 Å². The van der Waals surface area contributed by atoms with Crippen molar-refractivity contribution in [2.75, 3.05) is 28.6 Å². The highest BCUT2D eigenvalue weighted by Gasteiger charge is 2.23. The van der Waals surface area contributed by atoms with Crippen LogP contribution in [0.1, 0.15) is 24.0 Å². The normalized spacial score (nSPS) is 16.1. The van der Waals surface area contributed by atoms with Crippen molar-refractivity contribution in [2.45, 2.75) is 25.3 Å². The van der Waals surface area contributed by atoms with Crippen LogP contribution in [0.5, 0.6) is 0 Å². The third-order valence-corrected chi connectivity index (χ3v) is 5.03. The molecule has 2 aromatic rings. The molecule has 28 heavy (non-hydrogen) atoms. The summed E-state index contributed by atoms with van der Waals surface area (Å²) in [7, 11) is 0. The molecule has 0 aliphatic carbocycles. The Bertz CT molecular complexity index is 959. The van der Waals surface area contributed by atoms with Gasteiger partial charge in [0, 0.05) is 36.7 Å². The number of benzene rings is 1. The second kappa shape index (κ2) is 7.56. The van der Waals surface area contributed by atoms with Gasteiger partial charge in [-0.2, -0.15) is 5.26 Å². The fourth-order valence-corrected chi connectivity index (χ4v) is 3.63. The lowest BCUT2D eigenvalue weighted by molar-refractivity contribution is -0.115. The molecule has 0 radical (unpaired) electrons. The van der Waals surface area contributed by atoms with Gasteiger partial charge in [0.25, 0.3) is 0 Å². The second-order valence-electron chi connectivity index (χ2n) is 6.94. The van der Waals surface area contributed by atoms with E-state index in [1.165, 1.54) is 0 Å². The highest BCUT2D eigenvalue weighted by Crippen LogP contribution is 2.26. The zero-order valence-corrected chi connectivity index (χ0v) is 15.2. The first-order valence-electron chi connectivity index (χ1n) is 9.23. The molecular formula is C20H20N6O2. The number of pyridine rings is 1. The molecule has 0 bridgehead atoms. The number of fused-ring (bicyclic) bond motifs is 1. The maximum atomic E-state index is 12.3. The molecule has 1 aromatic heterocycles. The number of carbonyl (C=O) groups excluding carboxylic acids is 2. The zero-order valence-electron chi connectivity index (χ0n) is 15.2. The molecule has 2 aliphatic heterocycles. The van der Waals surface area contributed by atoms with Crippen molar-refractivity contribution in [3.05, 3.63) is 47.7 Å². The number of nitriles is 1. The molecule has 8 nitrogen and oxygen atoms in total. The van der Waals surface area contributed by atoms with Gasteiger partial charge in [-0.05, 0) is 48.7 Å². The van der Waals surface area contributed by atoms with E-state index in [9.17, 15) is 14.9 Å². The lowest BCUT2D eigenvalue weighted by Gasteiger charge is -2.33. The Balaban J connectivity index is 1.30. The number of hydrogen-bond acceptors (Lipinski definition) is 5. The number of piperidine rings is 1. The van der Waals surface area contributed by atoms with Gasteiger partial charge in [0.2, 0.25) is 5.91 Å². The van der Waals surface area contributed by atoms with Crippen LogP contribution in [0.3, 0.4) is 0 Å². The van der Waals surface area contributed by atoms with Gasteiger partial charge in [-0.15, -0.1) is 0 Å². The lowest BCUT2D eigenvalue weighted by Crippen LogP contribution is -2.46. The maximum absolute atomic E-state index is 12.3. The topological polar surface area (TPSA) is 110 Å². The van der Waals surface area contributed by atoms with Crippen molar-refractivity contribution in [3.8, 4) is 6.07 Å². The van der Waals surface area contributed by atoms with Gasteiger partial charge < -0.3 is 20.9 Å². The molecule has 2 aliphatic rings. The fourth-order valence-electron chi connectivity index (χ4n) is 3.63. The fraction of sp³-hybridized carbons (Fsp3) is 0.300. The van der Waals surface area contributed by atoms with Crippen LogP contribution in [0.4, 0.5) is 22.0 Å². The minimum absolute atomic E-state index is 0.0316. The molecule has 3 amide bonds. The predicted octanol–water partition coefficient (Wildman–Crippen LogP) is 2.24. The molecule has 3 heterocycles. The molecule has 0 spiro atoms. The Labute approximate surface area is 162 Å². The largest absolute Gasteiger partial charge is 0.355 e. The average Bonchev–Trinajstić information content (AvgIpc) is 3.08. The van der Waals surface area contributed by atoms with E-state index in [4.69, 9.17) is 0 Å². The Morgan fingerprint density at radius 3 is 2.89 bits per heavy atom. The van der Waals surface area contributed by atoms with E-state index < -0.39 is 0 Å². The molecule has 1 fully saturated rings. The van der Waals surface area contributed by atoms with Gasteiger partial charge in [0.15, 0.2) is 0 Å². The van der Waals surface area contributed by atoms with Crippen molar-refractivity contribution in [2.24, 2.45) is 0 Å². The number of amides is 3. The predicted molar refractivity (Wildman–Crippen MR) is 105 cm³/mol. The van der Waals surface area contributed by atoms with E-state index >= 15 is 0 Å². The number of nitrogens with zero attached hydrogens (tertiary/aromatic N) is 3. The van der Waals surface area contributed by atoms with Gasteiger partial charge in [-0.1, -0.05) is 0 Å². The first-order valence-corrected chi connectivity index (χ1v) is 9.23. The Morgan fingerprint density at radius 1 is 1.29 bits per heavy atom. The van der Waals surface area contributed by atoms with Gasteiger partial charge in [-0.25, -0.2) is 9.78 Å². The standard InChI is InChI=1S/C20H20N6O2/c21-12-13-2-1-7-22-19(13)26-8-5-15(6-9-26)23-20(28)24-16-3-4-17-14(10-16)11-18(27)25-17/h1-4,7,10,15H,5-6,8-9,11H2,(H,25,27)(H2,23,24,28). The maximum Gasteiger partial charge on any atom is 0.319 e. The second-order valence-corrected chi connectivity index (χ2v) is 6.94. The summed E-state index contributed by atoms with van der Waals surface area (Å²) >= 11 is 0. The van der Waals surface area contributed by atoms with Gasteiger partial charge >= 0.3 is 6.03 Å². The summed E-state index contributed by atoms with van der Waals surface area (Å²) in [5.74, 6) is 0.671. The minimum atomic E-state index is -0.258. The quantitative estimate of drug-likeness (QED) is 0.761. The number of hydrogen-bond donors (Lipinski definition) is 3. The van der Waals surface area contributed by atoms with Crippen LogP contribution in [0.25, 0.3) is 0 Å². The molecular weight excluding hydrogens is 356 g/mol. The molecule has 0 atom stereocenters. The Kier molecular flexibility index (Phi) is 4.81. The molecule has 8 heteroatoms. The summed E-state index contributed by atoms with van der Waals surface area (Å²) in [6, 6.07) is 10.9. The minimum Gasteiger partial charge on any atom is -0.355 e. The highest BCUT2D eigenvalue weighted by atomic mass is 16.2. The summed E-state index contributed by atoms with van der Waals surface area (Å²) in [5, 5.41) is 17.8. The van der Waals surface area contributed by atoms with E-state index in [0.29, 0.717) is 23.5 Å². The van der Waals surface area contributed by atoms with Crippen molar-refractivity contribution in [1.29, 1.82) is 5.26 Å². The smallest absolute Gasteiger partial charge is 0.319 e. The van der Waals surface area contributed by atoms with E-state index in [-0.39, 0.29) is 18.0 Å². The summed E-state index contributed by atoms with van der Waals surface area (Å²) < 4.78 is 0. The monoisotopic (exact) mass is 376 g/mol. The SMILES string of the molecule is N#Cc1cccnc1N1CCC(NC(=O)Nc2ccc3c(c2)CC(=O)N3)CC1. The number of nitrogens with one attached hydrogen (secondary N) is 3. The molecule has 1 saturated heterocycles. The number of anilines is 3. The van der Waals surface area contributed by atoms with E-state index in [0.717, 1.165) is 37.2 Å². The third-order valence-electron chi connectivity index (χ3n) is 5.03. The van der Waals surface area contributed by atoms with Gasteiger partial charge in [0.05, 0.1) is 12.0 Å². The third kappa shape index (κ3) is 3.74. The van der Waals surface area contributed by atoms with Crippen molar-refractivity contribution in [1.82, 2.24) is 10.3 Å². The van der Waals surface area contributed by atoms with Crippen LogP contribution < -0.4 is 20.9 Å².